The highest BCUT2D eigenvalue weighted by atomic mass is 16.2. The van der Waals surface area contributed by atoms with E-state index in [1.54, 1.807) is 0 Å². The van der Waals surface area contributed by atoms with Gasteiger partial charge in [-0.05, 0) is 30.5 Å². The minimum absolute atomic E-state index is 0.284. The van der Waals surface area contributed by atoms with Crippen LogP contribution in [0.5, 0.6) is 0 Å². The van der Waals surface area contributed by atoms with Crippen molar-refractivity contribution in [1.29, 1.82) is 0 Å². The molecule has 1 fully saturated rings. The van der Waals surface area contributed by atoms with E-state index in [0.717, 1.165) is 16.7 Å². The number of imide groups is 1. The minimum atomic E-state index is -0.544. The molecule has 0 saturated carbocycles. The van der Waals surface area contributed by atoms with Gasteiger partial charge in [0.15, 0.2) is 0 Å². The molecule has 1 aliphatic rings. The first-order valence-electron chi connectivity index (χ1n) is 4.77. The van der Waals surface area contributed by atoms with Gasteiger partial charge in [-0.25, -0.2) is 4.79 Å². The van der Waals surface area contributed by atoms with Crippen LogP contribution in [0.15, 0.2) is 18.2 Å². The third-order valence-corrected chi connectivity index (χ3v) is 2.73. The summed E-state index contributed by atoms with van der Waals surface area (Å²) in [7, 11) is 0. The van der Waals surface area contributed by atoms with Gasteiger partial charge >= 0.3 is 6.03 Å². The summed E-state index contributed by atoms with van der Waals surface area (Å²) in [5.74, 6) is -0.284. The summed E-state index contributed by atoms with van der Waals surface area (Å²) in [6.07, 6.45) is 0. The molecule has 0 unspecified atom stereocenters. The highest BCUT2D eigenvalue weighted by Gasteiger charge is 2.31. The fourth-order valence-corrected chi connectivity index (χ4v) is 1.72. The molecule has 0 spiro atoms. The molecule has 1 atom stereocenters. The zero-order valence-corrected chi connectivity index (χ0v) is 8.63. The fourth-order valence-electron chi connectivity index (χ4n) is 1.72. The Balaban J connectivity index is 2.42. The van der Waals surface area contributed by atoms with E-state index >= 15 is 0 Å². The SMILES string of the molecule is Cc1cccc([C@H]2NC(=O)NC2=O)c1C. The fraction of sp³-hybridized carbons (Fsp3) is 0.273. The van der Waals surface area contributed by atoms with Crippen molar-refractivity contribution in [3.05, 3.63) is 34.9 Å². The van der Waals surface area contributed by atoms with Crippen molar-refractivity contribution in [3.63, 3.8) is 0 Å². The van der Waals surface area contributed by atoms with Crippen LogP contribution in [0, 0.1) is 13.8 Å². The summed E-state index contributed by atoms with van der Waals surface area (Å²) in [4.78, 5) is 22.4. The largest absolute Gasteiger partial charge is 0.322 e. The van der Waals surface area contributed by atoms with Crippen LogP contribution in [-0.4, -0.2) is 11.9 Å². The highest BCUT2D eigenvalue weighted by Crippen LogP contribution is 2.22. The van der Waals surface area contributed by atoms with Crippen LogP contribution in [0.1, 0.15) is 22.7 Å². The van der Waals surface area contributed by atoms with Crippen LogP contribution in [0.25, 0.3) is 0 Å². The molecule has 1 aromatic carbocycles. The normalized spacial score (nSPS) is 20.0. The Morgan fingerprint density at radius 3 is 2.53 bits per heavy atom. The van der Waals surface area contributed by atoms with Gasteiger partial charge in [-0.15, -0.1) is 0 Å². The first-order chi connectivity index (χ1) is 7.09. The third kappa shape index (κ3) is 1.58. The van der Waals surface area contributed by atoms with Crippen LogP contribution >= 0.6 is 0 Å². The molecule has 4 heteroatoms. The van der Waals surface area contributed by atoms with E-state index < -0.39 is 12.1 Å². The molecule has 0 radical (unpaired) electrons. The molecule has 0 aromatic heterocycles. The lowest BCUT2D eigenvalue weighted by Gasteiger charge is -2.12. The average Bonchev–Trinajstić information content (AvgIpc) is 2.50. The Hall–Kier alpha value is -1.84. The number of benzene rings is 1. The zero-order valence-electron chi connectivity index (χ0n) is 8.63. The van der Waals surface area contributed by atoms with E-state index in [0.29, 0.717) is 0 Å². The molecule has 78 valence electrons. The molecule has 2 N–H and O–H groups in total. The van der Waals surface area contributed by atoms with Gasteiger partial charge in [-0.3, -0.25) is 10.1 Å². The number of amides is 3. The van der Waals surface area contributed by atoms with E-state index in [1.165, 1.54) is 0 Å². The Bertz CT molecular complexity index is 440. The summed E-state index contributed by atoms with van der Waals surface area (Å²) >= 11 is 0. The van der Waals surface area contributed by atoms with Gasteiger partial charge in [0.2, 0.25) is 0 Å². The van der Waals surface area contributed by atoms with Crippen LogP contribution < -0.4 is 10.6 Å². The molecule has 4 nitrogen and oxygen atoms in total. The third-order valence-electron chi connectivity index (χ3n) is 2.73. The van der Waals surface area contributed by atoms with Crippen LogP contribution in [0.4, 0.5) is 4.79 Å². The molecule has 0 bridgehead atoms. The Labute approximate surface area is 87.7 Å². The van der Waals surface area contributed by atoms with Crippen LogP contribution in [0.2, 0.25) is 0 Å². The lowest BCUT2D eigenvalue weighted by atomic mass is 9.98. The van der Waals surface area contributed by atoms with Crippen molar-refractivity contribution in [2.24, 2.45) is 0 Å². The number of hydrogen-bond donors (Lipinski definition) is 2. The minimum Gasteiger partial charge on any atom is -0.322 e. The number of nitrogens with one attached hydrogen (secondary N) is 2. The molecule has 2 rings (SSSR count). The lowest BCUT2D eigenvalue weighted by Crippen LogP contribution is -2.22. The van der Waals surface area contributed by atoms with Crippen molar-refractivity contribution in [2.75, 3.05) is 0 Å². The predicted octanol–water partition coefficient (Wildman–Crippen LogP) is 1.18. The summed E-state index contributed by atoms with van der Waals surface area (Å²) in [6.45, 7) is 3.93. The van der Waals surface area contributed by atoms with Gasteiger partial charge in [0, 0.05) is 0 Å². The van der Waals surface area contributed by atoms with E-state index in [-0.39, 0.29) is 5.91 Å². The molecule has 1 saturated heterocycles. The Morgan fingerprint density at radius 2 is 1.93 bits per heavy atom. The first kappa shape index (κ1) is 9.71. The summed E-state index contributed by atoms with van der Waals surface area (Å²) < 4.78 is 0. The molecule has 3 amide bonds. The molecular weight excluding hydrogens is 192 g/mol. The smallest absolute Gasteiger partial charge is 0.322 e. The number of aryl methyl sites for hydroxylation is 1. The molecular formula is C11H12N2O2. The maximum atomic E-state index is 11.5. The Morgan fingerprint density at radius 1 is 1.20 bits per heavy atom. The quantitative estimate of drug-likeness (QED) is 0.675. The van der Waals surface area contributed by atoms with Gasteiger partial charge in [0.1, 0.15) is 6.04 Å². The predicted molar refractivity (Wildman–Crippen MR) is 55.3 cm³/mol. The van der Waals surface area contributed by atoms with E-state index in [2.05, 4.69) is 10.6 Å². The number of rotatable bonds is 1. The maximum absolute atomic E-state index is 11.5. The van der Waals surface area contributed by atoms with Gasteiger partial charge in [-0.2, -0.15) is 0 Å². The molecule has 0 aliphatic carbocycles. The average molecular weight is 204 g/mol. The second-order valence-corrected chi connectivity index (χ2v) is 3.68. The van der Waals surface area contributed by atoms with Gasteiger partial charge in [-0.1, -0.05) is 18.2 Å². The maximum Gasteiger partial charge on any atom is 0.322 e. The van der Waals surface area contributed by atoms with E-state index in [1.807, 2.05) is 32.0 Å². The number of carbonyl (C=O) groups is 2. The standard InChI is InChI=1S/C11H12N2O2/c1-6-4-3-5-8(7(6)2)9-10(14)13-11(15)12-9/h3-5,9H,1-2H3,(H2,12,13,14,15)/t9-/m1/s1. The molecule has 1 aromatic rings. The second kappa shape index (κ2) is 3.38. The second-order valence-electron chi connectivity index (χ2n) is 3.68. The van der Waals surface area contributed by atoms with Gasteiger partial charge in [0.25, 0.3) is 5.91 Å². The topological polar surface area (TPSA) is 58.2 Å². The Kier molecular flexibility index (Phi) is 2.19. The van der Waals surface area contributed by atoms with E-state index in [4.69, 9.17) is 0 Å². The molecule has 1 aliphatic heterocycles. The van der Waals surface area contributed by atoms with Crippen molar-refractivity contribution in [1.82, 2.24) is 10.6 Å². The number of carbonyl (C=O) groups excluding carboxylic acids is 2. The molecule has 15 heavy (non-hydrogen) atoms. The molecule has 1 heterocycles. The first-order valence-corrected chi connectivity index (χ1v) is 4.77. The van der Waals surface area contributed by atoms with Gasteiger partial charge in [0.05, 0.1) is 0 Å². The van der Waals surface area contributed by atoms with Gasteiger partial charge < -0.3 is 5.32 Å². The zero-order chi connectivity index (χ0) is 11.0. The van der Waals surface area contributed by atoms with E-state index in [9.17, 15) is 9.59 Å². The van der Waals surface area contributed by atoms with Crippen molar-refractivity contribution >= 4 is 11.9 Å². The summed E-state index contributed by atoms with van der Waals surface area (Å²) in [6, 6.07) is 4.75. The van der Waals surface area contributed by atoms with Crippen molar-refractivity contribution in [2.45, 2.75) is 19.9 Å². The van der Waals surface area contributed by atoms with Crippen LogP contribution in [0.3, 0.4) is 0 Å². The lowest BCUT2D eigenvalue weighted by molar-refractivity contribution is -0.120. The van der Waals surface area contributed by atoms with Crippen LogP contribution in [-0.2, 0) is 4.79 Å². The highest BCUT2D eigenvalue weighted by molar-refractivity contribution is 6.04. The van der Waals surface area contributed by atoms with Crippen molar-refractivity contribution < 1.29 is 9.59 Å². The van der Waals surface area contributed by atoms with Crippen molar-refractivity contribution in [3.8, 4) is 0 Å². The monoisotopic (exact) mass is 204 g/mol. The number of urea groups is 1. The number of hydrogen-bond acceptors (Lipinski definition) is 2. The summed E-state index contributed by atoms with van der Waals surface area (Å²) in [5, 5.41) is 4.81. The summed E-state index contributed by atoms with van der Waals surface area (Å²) in [5.41, 5.74) is 3.01.